The molecule has 1 fully saturated rings. The van der Waals surface area contributed by atoms with Gasteiger partial charge in [0.1, 0.15) is 11.9 Å². The number of benzene rings is 1. The molecule has 2 N–H and O–H groups in total. The van der Waals surface area contributed by atoms with E-state index in [1.807, 2.05) is 4.90 Å². The Kier molecular flexibility index (Phi) is 3.98. The van der Waals surface area contributed by atoms with E-state index in [0.717, 1.165) is 11.3 Å². The van der Waals surface area contributed by atoms with Crippen LogP contribution in [-0.4, -0.2) is 41.4 Å². The Morgan fingerprint density at radius 2 is 2.31 bits per heavy atom. The largest absolute Gasteiger partial charge is 0.442 e. The minimum atomic E-state index is -0.547. The number of hydrogen-bond acceptors (Lipinski definition) is 5. The van der Waals surface area contributed by atoms with E-state index in [1.165, 1.54) is 17.9 Å². The highest BCUT2D eigenvalue weighted by Crippen LogP contribution is 2.32. The fourth-order valence-electron chi connectivity index (χ4n) is 3.25. The van der Waals surface area contributed by atoms with Gasteiger partial charge >= 0.3 is 6.09 Å². The van der Waals surface area contributed by atoms with E-state index in [2.05, 4.69) is 15.5 Å². The maximum atomic E-state index is 14.7. The van der Waals surface area contributed by atoms with Crippen LogP contribution in [0, 0.1) is 5.82 Å². The molecule has 1 aromatic heterocycles. The summed E-state index contributed by atoms with van der Waals surface area (Å²) in [6.45, 7) is 3.05. The standard InChI is InChI=1S/C17H18FN5O3/c1-10(24)19-6-13-8-23(17(25)26-13)12-2-3-16(14(18)4-12)22-7-11-5-20-21-15(11)9-22/h2-5,13H,6-9H2,1H3,(H,19,24)(H,20,21). The first-order valence-corrected chi connectivity index (χ1v) is 8.29. The summed E-state index contributed by atoms with van der Waals surface area (Å²) >= 11 is 0. The van der Waals surface area contributed by atoms with Crippen molar-refractivity contribution in [3.05, 3.63) is 41.5 Å². The Bertz CT molecular complexity index is 847. The number of nitrogens with one attached hydrogen (secondary N) is 2. The molecule has 4 rings (SSSR count). The Morgan fingerprint density at radius 1 is 1.46 bits per heavy atom. The summed E-state index contributed by atoms with van der Waals surface area (Å²) in [7, 11) is 0. The molecule has 1 aromatic carbocycles. The van der Waals surface area contributed by atoms with Crippen LogP contribution < -0.4 is 15.1 Å². The fraction of sp³-hybridized carbons (Fsp3) is 0.353. The van der Waals surface area contributed by atoms with Crippen LogP contribution >= 0.6 is 0 Å². The molecule has 0 saturated carbocycles. The summed E-state index contributed by atoms with van der Waals surface area (Å²) in [5.41, 5.74) is 2.94. The van der Waals surface area contributed by atoms with Crippen LogP contribution in [0.2, 0.25) is 0 Å². The van der Waals surface area contributed by atoms with Crippen molar-refractivity contribution in [1.29, 1.82) is 0 Å². The van der Waals surface area contributed by atoms with Crippen molar-refractivity contribution in [2.75, 3.05) is 22.9 Å². The van der Waals surface area contributed by atoms with E-state index in [-0.39, 0.29) is 19.0 Å². The lowest BCUT2D eigenvalue weighted by Gasteiger charge is -2.20. The third-order valence-corrected chi connectivity index (χ3v) is 4.55. The van der Waals surface area contributed by atoms with Crippen LogP contribution in [0.4, 0.5) is 20.6 Å². The Labute approximate surface area is 148 Å². The molecule has 0 radical (unpaired) electrons. The zero-order valence-corrected chi connectivity index (χ0v) is 14.2. The van der Waals surface area contributed by atoms with Gasteiger partial charge in [0, 0.05) is 19.0 Å². The van der Waals surface area contributed by atoms with Gasteiger partial charge in [0.2, 0.25) is 5.91 Å². The van der Waals surface area contributed by atoms with E-state index in [4.69, 9.17) is 4.74 Å². The first-order chi connectivity index (χ1) is 12.5. The number of carbonyl (C=O) groups is 2. The lowest BCUT2D eigenvalue weighted by molar-refractivity contribution is -0.119. The molecule has 0 spiro atoms. The second kappa shape index (κ2) is 6.32. The topological polar surface area (TPSA) is 90.6 Å². The van der Waals surface area contributed by atoms with Crippen LogP contribution in [0.5, 0.6) is 0 Å². The monoisotopic (exact) mass is 359 g/mol. The first-order valence-electron chi connectivity index (χ1n) is 8.29. The second-order valence-electron chi connectivity index (χ2n) is 6.42. The number of amides is 2. The molecule has 0 bridgehead atoms. The summed E-state index contributed by atoms with van der Waals surface area (Å²) in [6.07, 6.45) is 0.747. The third kappa shape index (κ3) is 2.96. The van der Waals surface area contributed by atoms with Crippen LogP contribution in [0.3, 0.4) is 0 Å². The third-order valence-electron chi connectivity index (χ3n) is 4.55. The van der Waals surface area contributed by atoms with Crippen LogP contribution in [0.25, 0.3) is 0 Å². The highest BCUT2D eigenvalue weighted by molar-refractivity contribution is 5.90. The smallest absolute Gasteiger partial charge is 0.414 e. The number of cyclic esters (lactones) is 1. The number of H-pyrrole nitrogens is 1. The van der Waals surface area contributed by atoms with E-state index in [1.54, 1.807) is 18.3 Å². The Hall–Kier alpha value is -3.10. The van der Waals surface area contributed by atoms with Gasteiger partial charge in [-0.1, -0.05) is 0 Å². The van der Waals surface area contributed by atoms with Crippen LogP contribution in [-0.2, 0) is 22.6 Å². The van der Waals surface area contributed by atoms with Gasteiger partial charge in [-0.3, -0.25) is 14.8 Å². The number of aromatic amines is 1. The summed E-state index contributed by atoms with van der Waals surface area (Å²) in [4.78, 5) is 26.3. The molecular weight excluding hydrogens is 341 g/mol. The van der Waals surface area contributed by atoms with Crippen molar-refractivity contribution in [2.24, 2.45) is 0 Å². The summed E-state index contributed by atoms with van der Waals surface area (Å²) in [6, 6.07) is 4.70. The molecule has 136 valence electrons. The fourth-order valence-corrected chi connectivity index (χ4v) is 3.25. The molecule has 2 amide bonds. The lowest BCUT2D eigenvalue weighted by atomic mass is 10.2. The predicted molar refractivity (Wildman–Crippen MR) is 91.2 cm³/mol. The molecule has 1 saturated heterocycles. The van der Waals surface area contributed by atoms with Gasteiger partial charge in [0.25, 0.3) is 0 Å². The number of carbonyl (C=O) groups excluding carboxylic acids is 2. The number of halogens is 1. The van der Waals surface area contributed by atoms with Gasteiger partial charge in [-0.05, 0) is 18.2 Å². The lowest BCUT2D eigenvalue weighted by Crippen LogP contribution is -2.33. The molecule has 0 aliphatic carbocycles. The zero-order valence-electron chi connectivity index (χ0n) is 14.2. The van der Waals surface area contributed by atoms with Crippen molar-refractivity contribution in [2.45, 2.75) is 26.1 Å². The van der Waals surface area contributed by atoms with Crippen molar-refractivity contribution in [1.82, 2.24) is 15.5 Å². The number of fused-ring (bicyclic) bond motifs is 1. The normalized spacial score (nSPS) is 18.8. The number of rotatable bonds is 4. The minimum Gasteiger partial charge on any atom is -0.442 e. The molecule has 9 heteroatoms. The molecule has 26 heavy (non-hydrogen) atoms. The molecule has 2 aromatic rings. The van der Waals surface area contributed by atoms with Gasteiger partial charge in [0.05, 0.1) is 42.9 Å². The highest BCUT2D eigenvalue weighted by atomic mass is 19.1. The number of aromatic nitrogens is 2. The average Bonchev–Trinajstić information content (AvgIpc) is 3.27. The summed E-state index contributed by atoms with van der Waals surface area (Å²) < 4.78 is 19.9. The highest BCUT2D eigenvalue weighted by Gasteiger charge is 2.33. The maximum Gasteiger partial charge on any atom is 0.414 e. The molecule has 8 nitrogen and oxygen atoms in total. The number of hydrogen-bond donors (Lipinski definition) is 2. The van der Waals surface area contributed by atoms with Crippen molar-refractivity contribution in [3.63, 3.8) is 0 Å². The van der Waals surface area contributed by atoms with E-state index >= 15 is 0 Å². The summed E-state index contributed by atoms with van der Waals surface area (Å²) in [5.74, 6) is -0.598. The summed E-state index contributed by atoms with van der Waals surface area (Å²) in [5, 5.41) is 9.49. The molecule has 1 atom stereocenters. The van der Waals surface area contributed by atoms with Crippen molar-refractivity contribution < 1.29 is 18.7 Å². The quantitative estimate of drug-likeness (QED) is 0.864. The Morgan fingerprint density at radius 3 is 3.04 bits per heavy atom. The second-order valence-corrected chi connectivity index (χ2v) is 6.42. The SMILES string of the molecule is CC(=O)NCC1CN(c2ccc(N3Cc4cn[nH]c4C3)c(F)c2)C(=O)O1. The van der Waals surface area contributed by atoms with E-state index in [0.29, 0.717) is 24.5 Å². The van der Waals surface area contributed by atoms with E-state index < -0.39 is 18.0 Å². The maximum absolute atomic E-state index is 14.7. The number of nitrogens with zero attached hydrogens (tertiary/aromatic N) is 3. The van der Waals surface area contributed by atoms with Gasteiger partial charge in [-0.25, -0.2) is 9.18 Å². The molecule has 3 heterocycles. The van der Waals surface area contributed by atoms with Crippen molar-refractivity contribution in [3.8, 4) is 0 Å². The number of ether oxygens (including phenoxy) is 1. The van der Waals surface area contributed by atoms with Gasteiger partial charge in [-0.2, -0.15) is 5.10 Å². The average molecular weight is 359 g/mol. The minimum absolute atomic E-state index is 0.194. The molecule has 2 aliphatic rings. The number of anilines is 2. The Balaban J connectivity index is 1.47. The van der Waals surface area contributed by atoms with Gasteiger partial charge in [-0.15, -0.1) is 0 Å². The van der Waals surface area contributed by atoms with E-state index in [9.17, 15) is 14.0 Å². The van der Waals surface area contributed by atoms with Gasteiger partial charge in [0.15, 0.2) is 0 Å². The zero-order chi connectivity index (χ0) is 18.3. The predicted octanol–water partition coefficient (Wildman–Crippen LogP) is 1.53. The van der Waals surface area contributed by atoms with Gasteiger partial charge < -0.3 is 15.0 Å². The molecule has 2 aliphatic heterocycles. The van der Waals surface area contributed by atoms with Crippen LogP contribution in [0.15, 0.2) is 24.4 Å². The molecule has 1 unspecified atom stereocenters. The van der Waals surface area contributed by atoms with Crippen LogP contribution in [0.1, 0.15) is 18.2 Å². The molecular formula is C17H18FN5O3. The van der Waals surface area contributed by atoms with Crippen molar-refractivity contribution >= 4 is 23.4 Å². The first kappa shape index (κ1) is 16.4.